The van der Waals surface area contributed by atoms with Crippen molar-refractivity contribution in [3.63, 3.8) is 0 Å². The topological polar surface area (TPSA) is 76.1 Å². The van der Waals surface area contributed by atoms with Crippen LogP contribution in [0.1, 0.15) is 42.3 Å². The Morgan fingerprint density at radius 3 is 2.52 bits per heavy atom. The number of ether oxygens (including phenoxy) is 2. The molecule has 0 spiro atoms. The molecule has 6 heteroatoms. The first-order valence-electron chi connectivity index (χ1n) is 7.58. The van der Waals surface area contributed by atoms with Gasteiger partial charge in [-0.15, -0.1) is 0 Å². The summed E-state index contributed by atoms with van der Waals surface area (Å²) in [4.78, 5) is 24.5. The van der Waals surface area contributed by atoms with Crippen LogP contribution in [0.5, 0.6) is 0 Å². The van der Waals surface area contributed by atoms with Gasteiger partial charge in [0.15, 0.2) is 0 Å². The van der Waals surface area contributed by atoms with E-state index in [1.165, 1.54) is 0 Å². The van der Waals surface area contributed by atoms with Gasteiger partial charge in [0.25, 0.3) is 0 Å². The fraction of sp³-hybridized carbons (Fsp3) is 0.529. The molecule has 1 saturated heterocycles. The number of aromatic carboxylic acids is 1. The molecule has 0 unspecified atom stereocenters. The van der Waals surface area contributed by atoms with Gasteiger partial charge in [-0.3, -0.25) is 0 Å². The largest absolute Gasteiger partial charge is 0.478 e. The van der Waals surface area contributed by atoms with E-state index in [-0.39, 0.29) is 17.8 Å². The van der Waals surface area contributed by atoms with Crippen LogP contribution < -0.4 is 0 Å². The molecule has 6 nitrogen and oxygen atoms in total. The Labute approximate surface area is 136 Å². The zero-order valence-corrected chi connectivity index (χ0v) is 14.0. The lowest BCUT2D eigenvalue weighted by molar-refractivity contribution is -0.0692. The third kappa shape index (κ3) is 4.45. The van der Waals surface area contributed by atoms with E-state index in [2.05, 4.69) is 0 Å². The van der Waals surface area contributed by atoms with Crippen LogP contribution in [0.15, 0.2) is 18.2 Å². The standard InChI is InChI=1S/C17H23NO5/c1-11-12(6-5-7-14(11)15(19)20)10-22-13-8-18(9-13)16(21)23-17(2,3)4/h5-7,13H,8-10H2,1-4H3,(H,19,20). The second-order valence-electron chi connectivity index (χ2n) is 6.71. The van der Waals surface area contributed by atoms with Gasteiger partial charge in [0, 0.05) is 0 Å². The molecule has 23 heavy (non-hydrogen) atoms. The van der Waals surface area contributed by atoms with Crippen molar-refractivity contribution in [1.29, 1.82) is 0 Å². The van der Waals surface area contributed by atoms with Crippen LogP contribution in [0.2, 0.25) is 0 Å². The Balaban J connectivity index is 1.83. The molecule has 0 atom stereocenters. The second-order valence-corrected chi connectivity index (χ2v) is 6.71. The maximum Gasteiger partial charge on any atom is 0.410 e. The van der Waals surface area contributed by atoms with Crippen LogP contribution in [0, 0.1) is 6.92 Å². The Morgan fingerprint density at radius 1 is 1.30 bits per heavy atom. The first-order valence-corrected chi connectivity index (χ1v) is 7.58. The van der Waals surface area contributed by atoms with Crippen molar-refractivity contribution in [2.24, 2.45) is 0 Å². The van der Waals surface area contributed by atoms with Crippen LogP contribution >= 0.6 is 0 Å². The zero-order chi connectivity index (χ0) is 17.2. The summed E-state index contributed by atoms with van der Waals surface area (Å²) in [7, 11) is 0. The molecule has 1 aromatic carbocycles. The van der Waals surface area contributed by atoms with Crippen molar-refractivity contribution in [3.05, 3.63) is 34.9 Å². The van der Waals surface area contributed by atoms with Gasteiger partial charge in [0.1, 0.15) is 5.60 Å². The molecule has 0 radical (unpaired) electrons. The molecule has 0 saturated carbocycles. The number of amides is 1. The van der Waals surface area contributed by atoms with Crippen LogP contribution in [-0.2, 0) is 16.1 Å². The summed E-state index contributed by atoms with van der Waals surface area (Å²) in [5, 5.41) is 9.11. The minimum Gasteiger partial charge on any atom is -0.478 e. The lowest BCUT2D eigenvalue weighted by Crippen LogP contribution is -2.55. The Kier molecular flexibility index (Phi) is 4.94. The van der Waals surface area contributed by atoms with Gasteiger partial charge in [-0.05, 0) is 44.9 Å². The minimum atomic E-state index is -0.941. The van der Waals surface area contributed by atoms with Gasteiger partial charge in [-0.2, -0.15) is 0 Å². The van der Waals surface area contributed by atoms with Gasteiger partial charge in [0.2, 0.25) is 0 Å². The van der Waals surface area contributed by atoms with Crippen LogP contribution in [0.4, 0.5) is 4.79 Å². The van der Waals surface area contributed by atoms with Crippen molar-refractivity contribution in [2.45, 2.75) is 46.0 Å². The Morgan fingerprint density at radius 2 is 1.96 bits per heavy atom. The first kappa shape index (κ1) is 17.3. The molecule has 126 valence electrons. The third-order valence-electron chi connectivity index (χ3n) is 3.65. The van der Waals surface area contributed by atoms with E-state index in [1.807, 2.05) is 26.8 Å². The summed E-state index contributed by atoms with van der Waals surface area (Å²) in [5.41, 5.74) is 1.34. The summed E-state index contributed by atoms with van der Waals surface area (Å²) in [5.74, 6) is -0.941. The number of likely N-dealkylation sites (tertiary alicyclic amines) is 1. The quantitative estimate of drug-likeness (QED) is 0.923. The molecule has 1 aromatic rings. The molecular formula is C17H23NO5. The average molecular weight is 321 g/mol. The Bertz CT molecular complexity index is 599. The minimum absolute atomic E-state index is 0.0459. The van der Waals surface area contributed by atoms with Crippen molar-refractivity contribution >= 4 is 12.1 Å². The van der Waals surface area contributed by atoms with Crippen LogP contribution in [0.3, 0.4) is 0 Å². The van der Waals surface area contributed by atoms with E-state index in [9.17, 15) is 9.59 Å². The smallest absolute Gasteiger partial charge is 0.410 e. The van der Waals surface area contributed by atoms with E-state index in [4.69, 9.17) is 14.6 Å². The van der Waals surface area contributed by atoms with E-state index in [0.29, 0.717) is 25.3 Å². The maximum absolute atomic E-state index is 11.8. The summed E-state index contributed by atoms with van der Waals surface area (Å²) >= 11 is 0. The van der Waals surface area contributed by atoms with Gasteiger partial charge in [-0.25, -0.2) is 9.59 Å². The van der Waals surface area contributed by atoms with Gasteiger partial charge >= 0.3 is 12.1 Å². The summed E-state index contributed by atoms with van der Waals surface area (Å²) in [6.45, 7) is 8.58. The summed E-state index contributed by atoms with van der Waals surface area (Å²) < 4.78 is 11.0. The number of nitrogens with zero attached hydrogens (tertiary/aromatic N) is 1. The number of benzene rings is 1. The molecule has 0 aliphatic carbocycles. The van der Waals surface area contributed by atoms with Crippen molar-refractivity contribution < 1.29 is 24.2 Å². The molecular weight excluding hydrogens is 298 g/mol. The lowest BCUT2D eigenvalue weighted by atomic mass is 10.0. The van der Waals surface area contributed by atoms with Gasteiger partial charge in [-0.1, -0.05) is 12.1 Å². The molecule has 1 aliphatic heterocycles. The lowest BCUT2D eigenvalue weighted by Gasteiger charge is -2.39. The molecule has 1 heterocycles. The predicted molar refractivity (Wildman–Crippen MR) is 84.5 cm³/mol. The van der Waals surface area contributed by atoms with Crippen molar-refractivity contribution in [3.8, 4) is 0 Å². The highest BCUT2D eigenvalue weighted by Crippen LogP contribution is 2.20. The molecule has 0 aromatic heterocycles. The Hall–Kier alpha value is -2.08. The SMILES string of the molecule is Cc1c(COC2CN(C(=O)OC(C)(C)C)C2)cccc1C(=O)O. The molecule has 1 amide bonds. The normalized spacial score (nSPS) is 15.2. The monoisotopic (exact) mass is 321 g/mol. The highest BCUT2D eigenvalue weighted by Gasteiger charge is 2.34. The van der Waals surface area contributed by atoms with Gasteiger partial charge < -0.3 is 19.5 Å². The van der Waals surface area contributed by atoms with Crippen molar-refractivity contribution in [1.82, 2.24) is 4.90 Å². The number of hydrogen-bond acceptors (Lipinski definition) is 4. The fourth-order valence-corrected chi connectivity index (χ4v) is 2.30. The molecule has 2 rings (SSSR count). The molecule has 1 aliphatic rings. The van der Waals surface area contributed by atoms with E-state index < -0.39 is 11.6 Å². The number of carbonyl (C=O) groups is 2. The van der Waals surface area contributed by atoms with Crippen LogP contribution in [-0.4, -0.2) is 46.9 Å². The maximum atomic E-state index is 11.8. The highest BCUT2D eigenvalue weighted by atomic mass is 16.6. The van der Waals surface area contributed by atoms with Crippen molar-refractivity contribution in [2.75, 3.05) is 13.1 Å². The number of hydrogen-bond donors (Lipinski definition) is 1. The van der Waals surface area contributed by atoms with E-state index >= 15 is 0 Å². The summed E-state index contributed by atoms with van der Waals surface area (Å²) in [6.07, 6.45) is -0.378. The van der Waals surface area contributed by atoms with E-state index in [1.54, 1.807) is 24.0 Å². The predicted octanol–water partition coefficient (Wildman–Crippen LogP) is 2.83. The zero-order valence-electron chi connectivity index (χ0n) is 14.0. The average Bonchev–Trinajstić information content (AvgIpc) is 2.36. The number of carboxylic acids is 1. The third-order valence-corrected chi connectivity index (χ3v) is 3.65. The van der Waals surface area contributed by atoms with Crippen LogP contribution in [0.25, 0.3) is 0 Å². The second kappa shape index (κ2) is 6.58. The van der Waals surface area contributed by atoms with E-state index in [0.717, 1.165) is 5.56 Å². The molecule has 0 bridgehead atoms. The number of carbonyl (C=O) groups excluding carboxylic acids is 1. The summed E-state index contributed by atoms with van der Waals surface area (Å²) in [6, 6.07) is 5.14. The van der Waals surface area contributed by atoms with Gasteiger partial charge in [0.05, 0.1) is 31.4 Å². The number of rotatable bonds is 4. The number of carboxylic acid groups (broad SMARTS) is 1. The first-order chi connectivity index (χ1) is 10.7. The fourth-order valence-electron chi connectivity index (χ4n) is 2.30. The molecule has 1 N–H and O–H groups in total. The molecule has 1 fully saturated rings. The highest BCUT2D eigenvalue weighted by molar-refractivity contribution is 5.89.